The van der Waals surface area contributed by atoms with Gasteiger partial charge in [0.1, 0.15) is 0 Å². The molecule has 0 N–H and O–H groups in total. The first-order chi connectivity index (χ1) is 1.73. The largest absolute Gasteiger partial charge is 2.00 e. The fraction of sp³-hybridized carbons (Fsp3) is 0. The van der Waals surface area contributed by atoms with Gasteiger partial charge >= 0.3 is 48.9 Å². The predicted octanol–water partition coefficient (Wildman–Crippen LogP) is -2.45. The van der Waals surface area contributed by atoms with Crippen molar-refractivity contribution in [3.63, 3.8) is 0 Å². The second kappa shape index (κ2) is 5.85. The van der Waals surface area contributed by atoms with E-state index in [9.17, 15) is 0 Å². The Labute approximate surface area is 75.7 Å². The van der Waals surface area contributed by atoms with Crippen molar-refractivity contribution in [3.05, 3.63) is 0 Å². The maximum atomic E-state index is 8.74. The Hall–Kier alpha value is 1.85. The third-order valence-corrected chi connectivity index (χ3v) is 0. The van der Waals surface area contributed by atoms with Crippen molar-refractivity contribution >= 4 is 66.9 Å². The van der Waals surface area contributed by atoms with Crippen molar-refractivity contribution in [1.29, 1.82) is 0 Å². The van der Waals surface area contributed by atoms with Crippen molar-refractivity contribution in [2.75, 3.05) is 0 Å². The molecule has 5 heavy (non-hydrogen) atoms. The maximum Gasteiger partial charge on any atom is 2.00 e. The molecular weight excluding hydrogens is 216 g/mol. The molecule has 0 fully saturated rings. The van der Waals surface area contributed by atoms with E-state index in [0.29, 0.717) is 0 Å². The molecule has 0 spiro atoms. The van der Waals surface area contributed by atoms with Gasteiger partial charge in [-0.15, -0.1) is 0 Å². The van der Waals surface area contributed by atoms with Crippen LogP contribution < -0.4 is 10.0 Å². The topological polar surface area (TPSA) is 46.1 Å². The molecule has 0 heterocycles. The molecule has 2 nitrogen and oxygen atoms in total. The van der Waals surface area contributed by atoms with Crippen LogP contribution in [-0.2, 0) is 0 Å². The zero-order valence-corrected chi connectivity index (χ0v) is 7.68. The maximum absolute atomic E-state index is 8.74. The van der Waals surface area contributed by atoms with E-state index in [2.05, 4.69) is 11.5 Å². The minimum Gasteiger partial charge on any atom is -0.881 e. The summed E-state index contributed by atoms with van der Waals surface area (Å²) >= 11 is 4.16. The molecule has 0 aromatic rings. The summed E-state index contributed by atoms with van der Waals surface area (Å²) in [6, 6.07) is 0. The molecule has 24 valence electrons. The van der Waals surface area contributed by atoms with E-state index in [1.165, 1.54) is 0 Å². The van der Waals surface area contributed by atoms with Crippen LogP contribution in [0, 0.1) is 0 Å². The zero-order chi connectivity index (χ0) is 3.58. The molecule has 0 bridgehead atoms. The minimum atomic E-state index is -2.19. The number of halogens is 1. The first kappa shape index (κ1) is 9.96. The molecule has 0 unspecified atom stereocenters. The Kier molecular flexibility index (Phi) is 11.6. The van der Waals surface area contributed by atoms with Crippen molar-refractivity contribution < 1.29 is 10.0 Å². The second-order valence-corrected chi connectivity index (χ2v) is 0.631. The summed E-state index contributed by atoms with van der Waals surface area (Å²) in [5.74, 6) is 0. The van der Waals surface area contributed by atoms with Gasteiger partial charge in [-0.2, -0.15) is 0 Å². The Morgan fingerprint density at radius 2 is 1.40 bits per heavy atom. The van der Waals surface area contributed by atoms with Crippen LogP contribution in [0.15, 0.2) is 0 Å². The van der Waals surface area contributed by atoms with E-state index >= 15 is 0 Å². The molecule has 5 heteroatoms. The molecule has 0 radical (unpaired) electrons. The van der Waals surface area contributed by atoms with Crippen LogP contribution in [-0.4, -0.2) is 55.4 Å². The summed E-state index contributed by atoms with van der Waals surface area (Å²) in [4.78, 5) is 0. The van der Waals surface area contributed by atoms with Crippen molar-refractivity contribution in [1.82, 2.24) is 0 Å². The molecular formula is BBaClO2. The third-order valence-electron chi connectivity index (χ3n) is 0. The molecule has 0 rings (SSSR count). The molecule has 0 aromatic heterocycles. The van der Waals surface area contributed by atoms with Crippen LogP contribution in [0.5, 0.6) is 0 Å². The summed E-state index contributed by atoms with van der Waals surface area (Å²) in [6.07, 6.45) is 0. The van der Waals surface area contributed by atoms with Gasteiger partial charge in [-0.1, -0.05) is 0 Å². The van der Waals surface area contributed by atoms with Crippen LogP contribution in [0.25, 0.3) is 0 Å². The van der Waals surface area contributed by atoms with E-state index in [0.717, 1.165) is 0 Å². The number of hydrogen-bond acceptors (Lipinski definition) is 2. The second-order valence-electron chi connectivity index (χ2n) is 0.274. The van der Waals surface area contributed by atoms with E-state index < -0.39 is 6.53 Å². The van der Waals surface area contributed by atoms with E-state index in [-0.39, 0.29) is 48.9 Å². The first-order valence-corrected chi connectivity index (χ1v) is 1.13. The van der Waals surface area contributed by atoms with E-state index in [1.54, 1.807) is 0 Å². The summed E-state index contributed by atoms with van der Waals surface area (Å²) in [6.45, 7) is -2.19. The van der Waals surface area contributed by atoms with Gasteiger partial charge in [0.2, 0.25) is 0 Å². The van der Waals surface area contributed by atoms with Crippen molar-refractivity contribution in [2.24, 2.45) is 0 Å². The Balaban J connectivity index is 0. The van der Waals surface area contributed by atoms with Gasteiger partial charge < -0.3 is 10.0 Å². The van der Waals surface area contributed by atoms with Gasteiger partial charge in [0.05, 0.1) is 0 Å². The SMILES string of the molecule is [Ba+2].[O-]B([O-])Cl. The number of rotatable bonds is 0. The fourth-order valence-corrected chi connectivity index (χ4v) is 0. The van der Waals surface area contributed by atoms with Crippen LogP contribution in [0.2, 0.25) is 0 Å². The van der Waals surface area contributed by atoms with Crippen LogP contribution in [0.4, 0.5) is 0 Å². The monoisotopic (exact) mass is 216 g/mol. The van der Waals surface area contributed by atoms with Crippen LogP contribution >= 0.6 is 11.5 Å². The average molecular weight is 216 g/mol. The summed E-state index contributed by atoms with van der Waals surface area (Å²) in [7, 11) is 0. The average Bonchev–Trinajstić information content (AvgIpc) is 0.811. The normalized spacial score (nSPS) is 5.40. The van der Waals surface area contributed by atoms with E-state index in [4.69, 9.17) is 10.0 Å². The van der Waals surface area contributed by atoms with Crippen LogP contribution in [0.3, 0.4) is 0 Å². The molecule has 0 saturated heterocycles. The number of hydrogen-bond donors (Lipinski definition) is 0. The molecule has 0 aliphatic heterocycles. The Morgan fingerprint density at radius 3 is 1.40 bits per heavy atom. The van der Waals surface area contributed by atoms with Gasteiger partial charge in [0.15, 0.2) is 0 Å². The minimum absolute atomic E-state index is 0. The Bertz CT molecular complexity index is 14.4. The quantitative estimate of drug-likeness (QED) is 0.421. The summed E-state index contributed by atoms with van der Waals surface area (Å²) in [5, 5.41) is 17.5. The van der Waals surface area contributed by atoms with Gasteiger partial charge in [0, 0.05) is 6.53 Å². The standard InChI is InChI=1S/BClO2.Ba/c2-1(3)4;/q-2;+2. The Morgan fingerprint density at radius 1 is 1.40 bits per heavy atom. The fourth-order valence-electron chi connectivity index (χ4n) is 0. The molecule has 0 aliphatic rings. The van der Waals surface area contributed by atoms with Crippen LogP contribution in [0.1, 0.15) is 0 Å². The molecule has 0 saturated carbocycles. The van der Waals surface area contributed by atoms with Gasteiger partial charge in [-0.3, -0.25) is 0 Å². The van der Waals surface area contributed by atoms with Gasteiger partial charge in [-0.05, 0) is 0 Å². The molecule has 0 aromatic carbocycles. The molecule has 0 amide bonds. The summed E-state index contributed by atoms with van der Waals surface area (Å²) in [5.41, 5.74) is 0. The van der Waals surface area contributed by atoms with Crippen molar-refractivity contribution in [3.8, 4) is 0 Å². The smallest absolute Gasteiger partial charge is 0.881 e. The molecule has 0 aliphatic carbocycles. The van der Waals surface area contributed by atoms with E-state index in [1.807, 2.05) is 0 Å². The first-order valence-electron chi connectivity index (χ1n) is 0.690. The molecule has 0 atom stereocenters. The van der Waals surface area contributed by atoms with Crippen molar-refractivity contribution in [2.45, 2.75) is 0 Å². The third kappa shape index (κ3) is 25.4. The predicted molar refractivity (Wildman–Crippen MR) is 17.4 cm³/mol. The zero-order valence-electron chi connectivity index (χ0n) is 2.48. The van der Waals surface area contributed by atoms with Gasteiger partial charge in [-0.25, -0.2) is 11.5 Å². The summed E-state index contributed by atoms with van der Waals surface area (Å²) < 4.78 is 0. The van der Waals surface area contributed by atoms with Gasteiger partial charge in [0.25, 0.3) is 0 Å².